The van der Waals surface area contributed by atoms with Crippen LogP contribution in [0.15, 0.2) is 17.1 Å². The first-order valence-corrected chi connectivity index (χ1v) is 9.72. The standard InChI is InChI=1S/C20H28N6O3/c1-13-11-26(19(28)29-20(3,4)5)14(2)10-25(13)15-9-17(27)23(6)16-12-24(8-7-21)22-18(15)16/h9,12-14H,8,10-11H2,1-6H3/t13-,14+/m0/s1. The van der Waals surface area contributed by atoms with Crippen LogP contribution in [0.1, 0.15) is 34.6 Å². The number of fused-ring (bicyclic) bond motifs is 1. The number of aromatic nitrogens is 3. The zero-order valence-corrected chi connectivity index (χ0v) is 17.8. The predicted molar refractivity (Wildman–Crippen MR) is 110 cm³/mol. The Morgan fingerprint density at radius 3 is 2.62 bits per heavy atom. The fourth-order valence-electron chi connectivity index (χ4n) is 3.65. The number of nitrogens with zero attached hydrogens (tertiary/aromatic N) is 6. The number of carbonyl (C=O) groups is 1. The van der Waals surface area contributed by atoms with Crippen molar-refractivity contribution >= 4 is 22.8 Å². The number of carbonyl (C=O) groups excluding carboxylic acids is 1. The SMILES string of the molecule is C[C@@H]1CN(c2cc(=O)n(C)c3cn(CC#N)nc23)[C@@H](C)CN1C(=O)OC(C)(C)C. The number of hydrogen-bond donors (Lipinski definition) is 0. The molecule has 2 aromatic heterocycles. The van der Waals surface area contributed by atoms with Crippen LogP contribution in [0.5, 0.6) is 0 Å². The third-order valence-corrected chi connectivity index (χ3v) is 5.09. The van der Waals surface area contributed by atoms with E-state index in [1.807, 2.05) is 34.6 Å². The molecule has 1 aliphatic rings. The van der Waals surface area contributed by atoms with E-state index in [2.05, 4.69) is 16.1 Å². The molecule has 0 saturated carbocycles. The second-order valence-electron chi connectivity index (χ2n) is 8.63. The smallest absolute Gasteiger partial charge is 0.410 e. The summed E-state index contributed by atoms with van der Waals surface area (Å²) < 4.78 is 8.61. The van der Waals surface area contributed by atoms with Gasteiger partial charge in [-0.25, -0.2) is 4.79 Å². The molecule has 0 radical (unpaired) electrons. The first-order valence-electron chi connectivity index (χ1n) is 9.72. The summed E-state index contributed by atoms with van der Waals surface area (Å²) in [5.41, 5.74) is 1.38. The van der Waals surface area contributed by atoms with E-state index >= 15 is 0 Å². The van der Waals surface area contributed by atoms with Crippen LogP contribution in [0.4, 0.5) is 10.5 Å². The molecule has 9 nitrogen and oxygen atoms in total. The van der Waals surface area contributed by atoms with Crippen molar-refractivity contribution in [2.45, 2.75) is 58.8 Å². The summed E-state index contributed by atoms with van der Waals surface area (Å²) in [7, 11) is 1.69. The molecule has 0 aliphatic carbocycles. The average Bonchev–Trinajstić information content (AvgIpc) is 3.03. The predicted octanol–water partition coefficient (Wildman–Crippen LogP) is 2.09. The maximum atomic E-state index is 12.6. The van der Waals surface area contributed by atoms with Crippen LogP contribution in [-0.4, -0.2) is 56.1 Å². The molecule has 0 N–H and O–H groups in total. The van der Waals surface area contributed by atoms with Crippen LogP contribution in [0.2, 0.25) is 0 Å². The number of amides is 1. The molecule has 9 heteroatoms. The van der Waals surface area contributed by atoms with E-state index in [4.69, 9.17) is 10.00 Å². The Hall–Kier alpha value is -3.02. The van der Waals surface area contributed by atoms with Crippen molar-refractivity contribution in [1.82, 2.24) is 19.2 Å². The Bertz CT molecular complexity index is 1030. The Morgan fingerprint density at radius 1 is 1.31 bits per heavy atom. The molecule has 0 spiro atoms. The summed E-state index contributed by atoms with van der Waals surface area (Å²) in [6.45, 7) is 10.7. The van der Waals surface area contributed by atoms with Crippen molar-refractivity contribution in [2.75, 3.05) is 18.0 Å². The lowest BCUT2D eigenvalue weighted by atomic mass is 10.1. The van der Waals surface area contributed by atoms with Crippen molar-refractivity contribution in [1.29, 1.82) is 5.26 Å². The van der Waals surface area contributed by atoms with Crippen LogP contribution in [0, 0.1) is 11.3 Å². The first-order chi connectivity index (χ1) is 13.5. The van der Waals surface area contributed by atoms with E-state index in [-0.39, 0.29) is 30.3 Å². The molecule has 1 amide bonds. The Kier molecular flexibility index (Phi) is 5.30. The summed E-state index contributed by atoms with van der Waals surface area (Å²) in [6, 6.07) is 3.53. The van der Waals surface area contributed by atoms with E-state index in [0.29, 0.717) is 24.1 Å². The number of rotatable bonds is 2. The first kappa shape index (κ1) is 20.7. The van der Waals surface area contributed by atoms with E-state index in [9.17, 15) is 9.59 Å². The lowest BCUT2D eigenvalue weighted by Crippen LogP contribution is -2.59. The van der Waals surface area contributed by atoms with Crippen molar-refractivity contribution < 1.29 is 9.53 Å². The van der Waals surface area contributed by atoms with Gasteiger partial charge < -0.3 is 19.1 Å². The molecule has 29 heavy (non-hydrogen) atoms. The molecular weight excluding hydrogens is 372 g/mol. The summed E-state index contributed by atoms with van der Waals surface area (Å²) in [4.78, 5) is 29.0. The van der Waals surface area contributed by atoms with E-state index in [1.165, 1.54) is 4.57 Å². The highest BCUT2D eigenvalue weighted by Gasteiger charge is 2.35. The Balaban J connectivity index is 1.95. The van der Waals surface area contributed by atoms with Crippen molar-refractivity contribution in [3.05, 3.63) is 22.6 Å². The molecule has 2 atom stereocenters. The number of anilines is 1. The second kappa shape index (κ2) is 7.43. The maximum absolute atomic E-state index is 12.6. The fraction of sp³-hybridized carbons (Fsp3) is 0.600. The van der Waals surface area contributed by atoms with Gasteiger partial charge in [-0.15, -0.1) is 0 Å². The zero-order valence-electron chi connectivity index (χ0n) is 17.8. The number of nitriles is 1. The highest BCUT2D eigenvalue weighted by Crippen LogP contribution is 2.29. The summed E-state index contributed by atoms with van der Waals surface area (Å²) in [6.07, 6.45) is 1.39. The molecule has 0 aromatic carbocycles. The lowest BCUT2D eigenvalue weighted by Gasteiger charge is -2.45. The fourth-order valence-corrected chi connectivity index (χ4v) is 3.65. The third kappa shape index (κ3) is 4.06. The number of ether oxygens (including phenoxy) is 1. The molecule has 1 fully saturated rings. The van der Waals surface area contributed by atoms with E-state index in [0.717, 1.165) is 5.69 Å². The summed E-state index contributed by atoms with van der Waals surface area (Å²) in [5.74, 6) is 0. The molecule has 3 heterocycles. The van der Waals surface area contributed by atoms with Crippen molar-refractivity contribution in [3.63, 3.8) is 0 Å². The van der Waals surface area contributed by atoms with Crippen LogP contribution >= 0.6 is 0 Å². The topological polar surface area (TPSA) is 96.4 Å². The van der Waals surface area contributed by atoms with E-state index < -0.39 is 5.60 Å². The van der Waals surface area contributed by atoms with Gasteiger partial charge in [-0.1, -0.05) is 0 Å². The quantitative estimate of drug-likeness (QED) is 0.766. The molecule has 0 unspecified atom stereocenters. The highest BCUT2D eigenvalue weighted by atomic mass is 16.6. The molecule has 0 bridgehead atoms. The van der Waals surface area contributed by atoms with Gasteiger partial charge in [-0.3, -0.25) is 9.48 Å². The molecule has 3 rings (SSSR count). The highest BCUT2D eigenvalue weighted by molar-refractivity contribution is 5.88. The molecule has 1 saturated heterocycles. The maximum Gasteiger partial charge on any atom is 0.410 e. The molecule has 1 aliphatic heterocycles. The minimum Gasteiger partial charge on any atom is -0.444 e. The Morgan fingerprint density at radius 2 is 2.00 bits per heavy atom. The number of aryl methyl sites for hydroxylation is 1. The van der Waals surface area contributed by atoms with Crippen LogP contribution in [0.25, 0.3) is 11.0 Å². The lowest BCUT2D eigenvalue weighted by molar-refractivity contribution is 0.0130. The zero-order chi connectivity index (χ0) is 21.5. The van der Waals surface area contributed by atoms with Crippen LogP contribution in [-0.2, 0) is 18.3 Å². The molecule has 156 valence electrons. The second-order valence-corrected chi connectivity index (χ2v) is 8.63. The number of piperazine rings is 1. The monoisotopic (exact) mass is 400 g/mol. The third-order valence-electron chi connectivity index (χ3n) is 5.09. The average molecular weight is 400 g/mol. The van der Waals surface area contributed by atoms with Crippen molar-refractivity contribution in [2.24, 2.45) is 7.05 Å². The minimum atomic E-state index is -0.553. The molecular formula is C20H28N6O3. The molecule has 2 aromatic rings. The number of hydrogen-bond acceptors (Lipinski definition) is 6. The number of pyridine rings is 1. The van der Waals surface area contributed by atoms with Gasteiger partial charge in [-0.2, -0.15) is 10.4 Å². The largest absolute Gasteiger partial charge is 0.444 e. The summed E-state index contributed by atoms with van der Waals surface area (Å²) >= 11 is 0. The van der Waals surface area contributed by atoms with Gasteiger partial charge in [-0.05, 0) is 34.6 Å². The van der Waals surface area contributed by atoms with E-state index in [1.54, 1.807) is 28.9 Å². The van der Waals surface area contributed by atoms with Gasteiger partial charge in [0.05, 0.1) is 23.5 Å². The van der Waals surface area contributed by atoms with Crippen molar-refractivity contribution in [3.8, 4) is 6.07 Å². The summed E-state index contributed by atoms with van der Waals surface area (Å²) in [5, 5.41) is 13.5. The van der Waals surface area contributed by atoms with Gasteiger partial charge in [0.2, 0.25) is 0 Å². The van der Waals surface area contributed by atoms with Gasteiger partial charge >= 0.3 is 6.09 Å². The minimum absolute atomic E-state index is 0.0323. The van der Waals surface area contributed by atoms with Gasteiger partial charge in [0, 0.05) is 38.3 Å². The van der Waals surface area contributed by atoms with Crippen LogP contribution < -0.4 is 10.5 Å². The normalized spacial score (nSPS) is 20.0. The van der Waals surface area contributed by atoms with Gasteiger partial charge in [0.1, 0.15) is 17.7 Å². The van der Waals surface area contributed by atoms with Gasteiger partial charge in [0.15, 0.2) is 0 Å². The van der Waals surface area contributed by atoms with Crippen LogP contribution in [0.3, 0.4) is 0 Å². The van der Waals surface area contributed by atoms with Gasteiger partial charge in [0.25, 0.3) is 5.56 Å². The Labute approximate surface area is 170 Å².